The Bertz CT molecular complexity index is 507. The second-order valence-electron chi connectivity index (χ2n) is 3.89. The van der Waals surface area contributed by atoms with E-state index in [1.165, 1.54) is 10.3 Å². The van der Waals surface area contributed by atoms with E-state index < -0.39 is 5.97 Å². The van der Waals surface area contributed by atoms with Gasteiger partial charge in [0.05, 0.1) is 19.1 Å². The van der Waals surface area contributed by atoms with Crippen LogP contribution in [0.25, 0.3) is 0 Å². The third kappa shape index (κ3) is 3.76. The Kier molecular flexibility index (Phi) is 5.45. The van der Waals surface area contributed by atoms with E-state index in [1.807, 2.05) is 6.07 Å². The average Bonchev–Trinajstić information content (AvgIpc) is 2.87. The molecule has 102 valence electrons. The van der Waals surface area contributed by atoms with E-state index in [9.17, 15) is 9.59 Å². The summed E-state index contributed by atoms with van der Waals surface area (Å²) < 4.78 is 4.81. The lowest BCUT2D eigenvalue weighted by Crippen LogP contribution is -2.35. The van der Waals surface area contributed by atoms with Gasteiger partial charge in [0.2, 0.25) is 5.01 Å². The number of thiazole rings is 1. The Hall–Kier alpha value is -1.94. The number of carbonyl (C=O) groups excluding carboxylic acids is 2. The second-order valence-corrected chi connectivity index (χ2v) is 4.74. The van der Waals surface area contributed by atoms with Gasteiger partial charge in [-0.15, -0.1) is 11.3 Å². The van der Waals surface area contributed by atoms with E-state index in [2.05, 4.69) is 4.98 Å². The van der Waals surface area contributed by atoms with E-state index in [0.717, 1.165) is 11.3 Å². The van der Waals surface area contributed by atoms with Crippen LogP contribution in [0.3, 0.4) is 0 Å². The molecule has 0 fully saturated rings. The third-order valence-electron chi connectivity index (χ3n) is 2.54. The van der Waals surface area contributed by atoms with Crippen LogP contribution in [0.4, 0.5) is 0 Å². The molecule has 7 heteroatoms. The first-order valence-corrected chi connectivity index (χ1v) is 6.66. The van der Waals surface area contributed by atoms with Crippen LogP contribution in [0.1, 0.15) is 40.6 Å². The Balaban J connectivity index is 2.79. The summed E-state index contributed by atoms with van der Waals surface area (Å²) in [7, 11) is 1.60. The summed E-state index contributed by atoms with van der Waals surface area (Å²) in [6.07, 6.45) is 0.247. The van der Waals surface area contributed by atoms with Crippen molar-refractivity contribution in [1.29, 1.82) is 5.26 Å². The second kappa shape index (κ2) is 6.85. The van der Waals surface area contributed by atoms with Gasteiger partial charge in [0.1, 0.15) is 5.69 Å². The number of hydrogen-bond acceptors (Lipinski definition) is 6. The van der Waals surface area contributed by atoms with Gasteiger partial charge in [0.25, 0.3) is 5.91 Å². The van der Waals surface area contributed by atoms with Crippen molar-refractivity contribution in [3.63, 3.8) is 0 Å². The van der Waals surface area contributed by atoms with Crippen molar-refractivity contribution < 1.29 is 14.3 Å². The Labute approximate surface area is 115 Å². The van der Waals surface area contributed by atoms with E-state index in [1.54, 1.807) is 20.9 Å². The number of esters is 1. The molecule has 0 aliphatic rings. The molecule has 0 N–H and O–H groups in total. The highest BCUT2D eigenvalue weighted by atomic mass is 32.1. The summed E-state index contributed by atoms with van der Waals surface area (Å²) in [5.74, 6) is -0.839. The third-order valence-corrected chi connectivity index (χ3v) is 3.36. The highest BCUT2D eigenvalue weighted by Crippen LogP contribution is 2.14. The largest absolute Gasteiger partial charge is 0.461 e. The SMILES string of the molecule is CCOC(=O)c1nc(C(=O)N(C)C(C)CC#N)cs1. The van der Waals surface area contributed by atoms with Crippen molar-refractivity contribution in [1.82, 2.24) is 9.88 Å². The monoisotopic (exact) mass is 281 g/mol. The smallest absolute Gasteiger partial charge is 0.367 e. The van der Waals surface area contributed by atoms with Crippen molar-refractivity contribution in [3.8, 4) is 6.07 Å². The standard InChI is InChI=1S/C12H15N3O3S/c1-4-18-12(17)10-14-9(7-19-10)11(16)15(3)8(2)5-6-13/h7-8H,4-5H2,1-3H3. The molecule has 0 aliphatic carbocycles. The fourth-order valence-electron chi connectivity index (χ4n) is 1.31. The molecule has 1 unspecified atom stereocenters. The molecule has 19 heavy (non-hydrogen) atoms. The van der Waals surface area contributed by atoms with Crippen molar-refractivity contribution in [2.45, 2.75) is 26.3 Å². The average molecular weight is 281 g/mol. The van der Waals surface area contributed by atoms with Crippen LogP contribution in [-0.4, -0.2) is 41.5 Å². The topological polar surface area (TPSA) is 83.3 Å². The molecular formula is C12H15N3O3S. The van der Waals surface area contributed by atoms with Gasteiger partial charge in [-0.1, -0.05) is 0 Å². The summed E-state index contributed by atoms with van der Waals surface area (Å²) in [4.78, 5) is 28.9. The molecule has 1 heterocycles. The maximum absolute atomic E-state index is 12.1. The molecular weight excluding hydrogens is 266 g/mol. The lowest BCUT2D eigenvalue weighted by Gasteiger charge is -2.21. The van der Waals surface area contributed by atoms with Gasteiger partial charge in [-0.05, 0) is 13.8 Å². The highest BCUT2D eigenvalue weighted by molar-refractivity contribution is 7.11. The fourth-order valence-corrected chi connectivity index (χ4v) is 1.99. The quantitative estimate of drug-likeness (QED) is 0.767. The van der Waals surface area contributed by atoms with Crippen molar-refractivity contribution in [2.75, 3.05) is 13.7 Å². The van der Waals surface area contributed by atoms with Gasteiger partial charge >= 0.3 is 5.97 Å². The van der Waals surface area contributed by atoms with Crippen LogP contribution in [0.2, 0.25) is 0 Å². The van der Waals surface area contributed by atoms with Gasteiger partial charge in [0, 0.05) is 18.5 Å². The van der Waals surface area contributed by atoms with Crippen LogP contribution in [0.15, 0.2) is 5.38 Å². The number of hydrogen-bond donors (Lipinski definition) is 0. The molecule has 1 aromatic rings. The normalized spacial score (nSPS) is 11.5. The molecule has 1 atom stereocenters. The molecule has 0 spiro atoms. The predicted molar refractivity (Wildman–Crippen MR) is 69.9 cm³/mol. The first-order valence-electron chi connectivity index (χ1n) is 5.78. The number of nitriles is 1. The zero-order valence-corrected chi connectivity index (χ0v) is 11.9. The zero-order chi connectivity index (χ0) is 14.4. The molecule has 0 saturated heterocycles. The van der Waals surface area contributed by atoms with Gasteiger partial charge in [-0.3, -0.25) is 4.79 Å². The zero-order valence-electron chi connectivity index (χ0n) is 11.0. The van der Waals surface area contributed by atoms with E-state index in [4.69, 9.17) is 10.00 Å². The minimum absolute atomic E-state index is 0.159. The fraction of sp³-hybridized carbons (Fsp3) is 0.500. The van der Waals surface area contributed by atoms with Gasteiger partial charge < -0.3 is 9.64 Å². The summed E-state index contributed by atoms with van der Waals surface area (Å²) in [5, 5.41) is 10.3. The molecule has 0 radical (unpaired) electrons. The van der Waals surface area contributed by atoms with E-state index in [0.29, 0.717) is 0 Å². The number of amides is 1. The maximum atomic E-state index is 12.1. The Morgan fingerprint density at radius 2 is 2.32 bits per heavy atom. The molecule has 0 bridgehead atoms. The first-order chi connectivity index (χ1) is 9.01. The highest BCUT2D eigenvalue weighted by Gasteiger charge is 2.21. The van der Waals surface area contributed by atoms with Crippen LogP contribution in [0.5, 0.6) is 0 Å². The van der Waals surface area contributed by atoms with E-state index >= 15 is 0 Å². The Morgan fingerprint density at radius 3 is 2.89 bits per heavy atom. The van der Waals surface area contributed by atoms with Crippen molar-refractivity contribution in [2.24, 2.45) is 0 Å². The molecule has 6 nitrogen and oxygen atoms in total. The van der Waals surface area contributed by atoms with E-state index in [-0.39, 0.29) is 35.7 Å². The minimum Gasteiger partial charge on any atom is -0.461 e. The summed E-state index contributed by atoms with van der Waals surface area (Å²) in [5.41, 5.74) is 0.195. The number of carbonyl (C=O) groups is 2. The lowest BCUT2D eigenvalue weighted by atomic mass is 10.2. The van der Waals surface area contributed by atoms with Crippen LogP contribution in [-0.2, 0) is 4.74 Å². The van der Waals surface area contributed by atoms with Crippen molar-refractivity contribution >= 4 is 23.2 Å². The lowest BCUT2D eigenvalue weighted by molar-refractivity contribution is 0.0526. The number of aromatic nitrogens is 1. The summed E-state index contributed by atoms with van der Waals surface area (Å²) in [6.45, 7) is 3.75. The first kappa shape index (κ1) is 15.1. The maximum Gasteiger partial charge on any atom is 0.367 e. The molecule has 1 rings (SSSR count). The summed E-state index contributed by atoms with van der Waals surface area (Å²) >= 11 is 1.07. The molecule has 1 aromatic heterocycles. The minimum atomic E-state index is -0.528. The van der Waals surface area contributed by atoms with Crippen LogP contribution < -0.4 is 0 Å². The number of rotatable bonds is 5. The number of ether oxygens (including phenoxy) is 1. The molecule has 0 aromatic carbocycles. The molecule has 0 saturated carbocycles. The van der Waals surface area contributed by atoms with Gasteiger partial charge in [-0.2, -0.15) is 5.26 Å². The van der Waals surface area contributed by atoms with Gasteiger partial charge in [0.15, 0.2) is 0 Å². The molecule has 0 aliphatic heterocycles. The van der Waals surface area contributed by atoms with Gasteiger partial charge in [-0.25, -0.2) is 9.78 Å². The number of nitrogens with zero attached hydrogens (tertiary/aromatic N) is 3. The predicted octanol–water partition coefficient (Wildman–Crippen LogP) is 1.69. The van der Waals surface area contributed by atoms with Crippen molar-refractivity contribution in [3.05, 3.63) is 16.1 Å². The summed E-state index contributed by atoms with van der Waals surface area (Å²) in [6, 6.07) is 1.81. The Morgan fingerprint density at radius 1 is 1.63 bits per heavy atom. The van der Waals surface area contributed by atoms with Crippen LogP contribution >= 0.6 is 11.3 Å². The van der Waals surface area contributed by atoms with Crippen LogP contribution in [0, 0.1) is 11.3 Å². The molecule has 1 amide bonds.